The minimum absolute atomic E-state index is 0.624. The van der Waals surface area contributed by atoms with Crippen LogP contribution < -0.4 is 0 Å². The van der Waals surface area contributed by atoms with Gasteiger partial charge in [0.25, 0.3) is 0 Å². The van der Waals surface area contributed by atoms with Crippen LogP contribution in [0.25, 0.3) is 0 Å². The monoisotopic (exact) mass is 150 g/mol. The molecule has 0 amide bonds. The third-order valence-electron chi connectivity index (χ3n) is 1.54. The topological polar surface area (TPSA) is 40.2 Å². The van der Waals surface area contributed by atoms with E-state index in [4.69, 9.17) is 9.68 Å². The molecule has 0 aliphatic heterocycles. The molecule has 0 saturated carbocycles. The average molecular weight is 150 g/mol. The first kappa shape index (κ1) is 7.67. The highest BCUT2D eigenvalue weighted by atomic mass is 16.3. The van der Waals surface area contributed by atoms with Gasteiger partial charge >= 0.3 is 0 Å². The summed E-state index contributed by atoms with van der Waals surface area (Å²) in [5.41, 5.74) is 1.06. The molecule has 0 aliphatic carbocycles. The molecule has 0 atom stereocenters. The molecule has 0 spiro atoms. The molecule has 0 saturated heterocycles. The lowest BCUT2D eigenvalue weighted by molar-refractivity contribution is 0.457. The molecule has 1 aromatic rings. The second kappa shape index (κ2) is 3.11. The summed E-state index contributed by atoms with van der Waals surface area (Å²) in [4.78, 5) is 1.55. The maximum atomic E-state index is 8.47. The maximum Gasteiger partial charge on any atom is 0.179 e. The Kier molecular flexibility index (Phi) is 2.17. The van der Waals surface area contributed by atoms with Gasteiger partial charge in [0.05, 0.1) is 12.8 Å². The zero-order chi connectivity index (χ0) is 8.27. The van der Waals surface area contributed by atoms with Crippen LogP contribution in [0.5, 0.6) is 0 Å². The summed E-state index contributed by atoms with van der Waals surface area (Å²) in [7, 11) is 1.74. The summed E-state index contributed by atoms with van der Waals surface area (Å²) >= 11 is 0. The molecular weight excluding hydrogens is 140 g/mol. The van der Waals surface area contributed by atoms with E-state index < -0.39 is 0 Å². The number of furan rings is 1. The van der Waals surface area contributed by atoms with Gasteiger partial charge in [-0.25, -0.2) is 0 Å². The summed E-state index contributed by atoms with van der Waals surface area (Å²) in [5, 5.41) is 8.47. The summed E-state index contributed by atoms with van der Waals surface area (Å²) in [6, 6.07) is 1.88. The van der Waals surface area contributed by atoms with Gasteiger partial charge in [0.1, 0.15) is 5.76 Å². The Balaban J connectivity index is 2.66. The van der Waals surface area contributed by atoms with Crippen molar-refractivity contribution in [3.8, 4) is 6.19 Å². The van der Waals surface area contributed by atoms with Crippen molar-refractivity contribution in [2.45, 2.75) is 13.5 Å². The van der Waals surface area contributed by atoms with Gasteiger partial charge in [-0.3, -0.25) is 0 Å². The van der Waals surface area contributed by atoms with Crippen molar-refractivity contribution >= 4 is 0 Å². The van der Waals surface area contributed by atoms with Gasteiger partial charge in [0.15, 0.2) is 6.19 Å². The summed E-state index contributed by atoms with van der Waals surface area (Å²) in [6.07, 6.45) is 3.66. The van der Waals surface area contributed by atoms with E-state index in [9.17, 15) is 0 Å². The Morgan fingerprint density at radius 1 is 1.73 bits per heavy atom. The molecule has 0 bridgehead atoms. The van der Waals surface area contributed by atoms with Crippen LogP contribution >= 0.6 is 0 Å². The minimum atomic E-state index is 0.624. The van der Waals surface area contributed by atoms with Crippen molar-refractivity contribution in [3.63, 3.8) is 0 Å². The molecule has 0 aliphatic rings. The zero-order valence-corrected chi connectivity index (χ0v) is 6.66. The molecule has 0 aromatic carbocycles. The first-order chi connectivity index (χ1) is 5.24. The van der Waals surface area contributed by atoms with E-state index in [0.29, 0.717) is 6.54 Å². The molecule has 1 heterocycles. The maximum absolute atomic E-state index is 8.47. The molecular formula is C8H10N2O. The van der Waals surface area contributed by atoms with Gasteiger partial charge in [-0.15, -0.1) is 0 Å². The second-order valence-electron chi connectivity index (χ2n) is 2.46. The Labute approximate surface area is 65.8 Å². The zero-order valence-electron chi connectivity index (χ0n) is 6.66. The molecule has 11 heavy (non-hydrogen) atoms. The third kappa shape index (κ3) is 1.74. The Hall–Kier alpha value is -1.43. The van der Waals surface area contributed by atoms with E-state index >= 15 is 0 Å². The van der Waals surface area contributed by atoms with Gasteiger partial charge in [-0.2, -0.15) is 5.26 Å². The van der Waals surface area contributed by atoms with E-state index in [-0.39, 0.29) is 0 Å². The first-order valence-electron chi connectivity index (χ1n) is 3.38. The molecule has 0 unspecified atom stereocenters. The van der Waals surface area contributed by atoms with Gasteiger partial charge in [-0.1, -0.05) is 0 Å². The average Bonchev–Trinajstić information content (AvgIpc) is 2.37. The van der Waals surface area contributed by atoms with E-state index in [1.54, 1.807) is 18.2 Å². The van der Waals surface area contributed by atoms with Crippen LogP contribution in [0.15, 0.2) is 16.7 Å². The van der Waals surface area contributed by atoms with Crippen molar-refractivity contribution < 1.29 is 4.42 Å². The van der Waals surface area contributed by atoms with E-state index in [2.05, 4.69) is 0 Å². The van der Waals surface area contributed by atoms with Crippen LogP contribution in [-0.2, 0) is 6.54 Å². The van der Waals surface area contributed by atoms with E-state index in [1.807, 2.05) is 19.2 Å². The van der Waals surface area contributed by atoms with Crippen molar-refractivity contribution in [3.05, 3.63) is 23.7 Å². The minimum Gasteiger partial charge on any atom is -0.469 e. The quantitative estimate of drug-likeness (QED) is 0.473. The van der Waals surface area contributed by atoms with Crippen LogP contribution in [-0.4, -0.2) is 11.9 Å². The highest BCUT2D eigenvalue weighted by Gasteiger charge is 2.02. The van der Waals surface area contributed by atoms with Crippen molar-refractivity contribution in [2.75, 3.05) is 7.05 Å². The van der Waals surface area contributed by atoms with Crippen molar-refractivity contribution in [1.29, 1.82) is 5.26 Å². The fraction of sp³-hybridized carbons (Fsp3) is 0.375. The van der Waals surface area contributed by atoms with Crippen LogP contribution in [0.3, 0.4) is 0 Å². The SMILES string of the molecule is Cc1occc1CN(C)C#N. The molecule has 0 fully saturated rings. The fourth-order valence-corrected chi connectivity index (χ4v) is 0.866. The Morgan fingerprint density at radius 2 is 2.45 bits per heavy atom. The highest BCUT2D eigenvalue weighted by Crippen LogP contribution is 2.09. The molecule has 3 nitrogen and oxygen atoms in total. The molecule has 0 radical (unpaired) electrons. The van der Waals surface area contributed by atoms with Crippen LogP contribution in [0.4, 0.5) is 0 Å². The number of hydrogen-bond acceptors (Lipinski definition) is 3. The molecule has 58 valence electrons. The molecule has 0 N–H and O–H groups in total. The first-order valence-corrected chi connectivity index (χ1v) is 3.38. The predicted octanol–water partition coefficient (Wildman–Crippen LogP) is 1.50. The van der Waals surface area contributed by atoms with Crippen molar-refractivity contribution in [2.24, 2.45) is 0 Å². The number of rotatable bonds is 2. The lowest BCUT2D eigenvalue weighted by Crippen LogP contribution is -2.09. The van der Waals surface area contributed by atoms with Gasteiger partial charge in [-0.05, 0) is 13.0 Å². The number of hydrogen-bond donors (Lipinski definition) is 0. The lowest BCUT2D eigenvalue weighted by atomic mass is 10.2. The third-order valence-corrected chi connectivity index (χ3v) is 1.54. The van der Waals surface area contributed by atoms with Crippen molar-refractivity contribution in [1.82, 2.24) is 4.90 Å². The second-order valence-corrected chi connectivity index (χ2v) is 2.46. The Bertz CT molecular complexity index is 272. The summed E-state index contributed by atoms with van der Waals surface area (Å²) < 4.78 is 5.07. The normalized spacial score (nSPS) is 9.18. The summed E-state index contributed by atoms with van der Waals surface area (Å²) in [5.74, 6) is 0.882. The molecule has 1 aromatic heterocycles. The number of nitrogens with zero attached hydrogens (tertiary/aromatic N) is 2. The highest BCUT2D eigenvalue weighted by molar-refractivity contribution is 5.15. The lowest BCUT2D eigenvalue weighted by Gasteiger charge is -2.05. The predicted molar refractivity (Wildman–Crippen MR) is 40.5 cm³/mol. The van der Waals surface area contributed by atoms with E-state index in [0.717, 1.165) is 11.3 Å². The van der Waals surface area contributed by atoms with Crippen LogP contribution in [0.1, 0.15) is 11.3 Å². The van der Waals surface area contributed by atoms with Crippen LogP contribution in [0.2, 0.25) is 0 Å². The number of aryl methyl sites for hydroxylation is 1. The Morgan fingerprint density at radius 3 is 2.91 bits per heavy atom. The smallest absolute Gasteiger partial charge is 0.179 e. The fourth-order valence-electron chi connectivity index (χ4n) is 0.866. The van der Waals surface area contributed by atoms with Gasteiger partial charge < -0.3 is 9.32 Å². The van der Waals surface area contributed by atoms with Gasteiger partial charge in [0.2, 0.25) is 0 Å². The molecule has 1 rings (SSSR count). The standard InChI is InChI=1S/C8H10N2O/c1-7-8(3-4-11-7)5-10(2)6-9/h3-4H,5H2,1-2H3. The summed E-state index contributed by atoms with van der Waals surface area (Å²) in [6.45, 7) is 2.51. The molecule has 3 heteroatoms. The number of nitriles is 1. The largest absolute Gasteiger partial charge is 0.469 e. The van der Waals surface area contributed by atoms with E-state index in [1.165, 1.54) is 0 Å². The van der Waals surface area contributed by atoms with Gasteiger partial charge in [0, 0.05) is 12.6 Å². The van der Waals surface area contributed by atoms with Crippen LogP contribution in [0, 0.1) is 18.4 Å².